The Labute approximate surface area is 157 Å². The third-order valence-electron chi connectivity index (χ3n) is 4.13. The van der Waals surface area contributed by atoms with Gasteiger partial charge in [-0.05, 0) is 42.7 Å². The fourth-order valence-corrected chi connectivity index (χ4v) is 2.87. The van der Waals surface area contributed by atoms with Crippen molar-refractivity contribution < 1.29 is 4.74 Å². The maximum absolute atomic E-state index is 12.2. The summed E-state index contributed by atoms with van der Waals surface area (Å²) in [6.45, 7) is 4.45. The van der Waals surface area contributed by atoms with Crippen LogP contribution in [0.5, 0.6) is 5.75 Å². The Morgan fingerprint density at radius 1 is 1.15 bits per heavy atom. The van der Waals surface area contributed by atoms with E-state index >= 15 is 0 Å². The first-order valence-electron chi connectivity index (χ1n) is 8.21. The van der Waals surface area contributed by atoms with E-state index in [1.54, 1.807) is 6.20 Å². The predicted molar refractivity (Wildman–Crippen MR) is 105 cm³/mol. The van der Waals surface area contributed by atoms with Gasteiger partial charge in [-0.3, -0.25) is 4.79 Å². The minimum atomic E-state index is -0.414. The highest BCUT2D eigenvalue weighted by Gasteiger charge is 2.12. The summed E-state index contributed by atoms with van der Waals surface area (Å²) in [6.07, 6.45) is 1.67. The second kappa shape index (κ2) is 7.62. The van der Waals surface area contributed by atoms with Crippen molar-refractivity contribution in [1.82, 2.24) is 9.55 Å². The largest absolute Gasteiger partial charge is 0.490 e. The Balaban J connectivity index is 2.04. The Morgan fingerprint density at radius 2 is 1.88 bits per heavy atom. The number of anilines is 2. The molecule has 6 heteroatoms. The van der Waals surface area contributed by atoms with E-state index in [0.29, 0.717) is 17.5 Å². The number of aromatic nitrogens is 2. The summed E-state index contributed by atoms with van der Waals surface area (Å²) in [5.74, 6) is 0.653. The van der Waals surface area contributed by atoms with Gasteiger partial charge >= 0.3 is 5.56 Å². The molecular weight excluding hydrogens is 350 g/mol. The summed E-state index contributed by atoms with van der Waals surface area (Å²) in [6, 6.07) is 13.8. The molecule has 3 rings (SSSR count). The Hall–Kier alpha value is -2.79. The van der Waals surface area contributed by atoms with Crippen molar-refractivity contribution >= 4 is 23.2 Å². The molecule has 0 aliphatic carbocycles. The van der Waals surface area contributed by atoms with Gasteiger partial charge in [0, 0.05) is 10.7 Å². The lowest BCUT2D eigenvalue weighted by Gasteiger charge is -2.17. The third kappa shape index (κ3) is 3.89. The molecule has 0 spiro atoms. The molecule has 0 radical (unpaired) electrons. The van der Waals surface area contributed by atoms with Crippen molar-refractivity contribution in [3.63, 3.8) is 0 Å². The van der Waals surface area contributed by atoms with Crippen molar-refractivity contribution in [3.05, 3.63) is 80.7 Å². The average Bonchev–Trinajstić information content (AvgIpc) is 2.62. The molecule has 0 aliphatic heterocycles. The predicted octanol–water partition coefficient (Wildman–Crippen LogP) is 4.31. The summed E-state index contributed by atoms with van der Waals surface area (Å²) < 4.78 is 7.01. The first-order chi connectivity index (χ1) is 12.5. The molecule has 0 unspecified atom stereocenters. The van der Waals surface area contributed by atoms with Crippen LogP contribution in [0, 0.1) is 13.8 Å². The van der Waals surface area contributed by atoms with E-state index < -0.39 is 5.56 Å². The van der Waals surface area contributed by atoms with Crippen molar-refractivity contribution in [2.24, 2.45) is 0 Å². The molecule has 0 atom stereocenters. The van der Waals surface area contributed by atoms with Gasteiger partial charge in [-0.25, -0.2) is 0 Å². The van der Waals surface area contributed by atoms with Crippen LogP contribution in [-0.2, 0) is 6.54 Å². The van der Waals surface area contributed by atoms with E-state index in [2.05, 4.69) is 10.3 Å². The second-order valence-electron chi connectivity index (χ2n) is 6.09. The van der Waals surface area contributed by atoms with E-state index in [1.165, 1.54) is 7.11 Å². The first-order valence-corrected chi connectivity index (χ1v) is 8.59. The zero-order chi connectivity index (χ0) is 18.7. The number of rotatable bonds is 5. The number of hydrogen-bond donors (Lipinski definition) is 1. The smallest absolute Gasteiger partial charge is 0.316 e. The summed E-state index contributed by atoms with van der Waals surface area (Å²) in [5.41, 5.74) is 3.45. The standard InChI is InChI=1S/C20H20ClN3O2/c1-13-10-17(14(2)9-16(13)21)22-20-23-19(25)18(26-3)12-24(20)11-15-7-5-4-6-8-15/h4-10,12H,11H2,1-3H3,(H,22,23,25). The van der Waals surface area contributed by atoms with Gasteiger partial charge in [0.2, 0.25) is 11.7 Å². The van der Waals surface area contributed by atoms with E-state index in [-0.39, 0.29) is 5.75 Å². The lowest BCUT2D eigenvalue weighted by Crippen LogP contribution is -2.19. The van der Waals surface area contributed by atoms with Crippen LogP contribution < -0.4 is 15.6 Å². The number of hydrogen-bond acceptors (Lipinski definition) is 4. The molecule has 26 heavy (non-hydrogen) atoms. The van der Waals surface area contributed by atoms with Gasteiger partial charge in [0.05, 0.1) is 19.9 Å². The molecule has 0 saturated carbocycles. The van der Waals surface area contributed by atoms with Crippen LogP contribution in [0.25, 0.3) is 0 Å². The first kappa shape index (κ1) is 18.0. The highest BCUT2D eigenvalue weighted by molar-refractivity contribution is 6.31. The molecule has 2 aromatic carbocycles. The SMILES string of the molecule is COc1cn(Cc2ccccc2)c(Nc2cc(C)c(Cl)cc2C)nc1=O. The van der Waals surface area contributed by atoms with Crippen molar-refractivity contribution in [3.8, 4) is 5.75 Å². The molecule has 0 fully saturated rings. The highest BCUT2D eigenvalue weighted by atomic mass is 35.5. The van der Waals surface area contributed by atoms with Gasteiger partial charge in [-0.2, -0.15) is 4.98 Å². The third-order valence-corrected chi connectivity index (χ3v) is 4.54. The van der Waals surface area contributed by atoms with E-state index in [4.69, 9.17) is 16.3 Å². The fraction of sp³-hybridized carbons (Fsp3) is 0.200. The van der Waals surface area contributed by atoms with Crippen molar-refractivity contribution in [2.45, 2.75) is 20.4 Å². The molecule has 134 valence electrons. The fourth-order valence-electron chi connectivity index (χ4n) is 2.65. The zero-order valence-corrected chi connectivity index (χ0v) is 15.7. The zero-order valence-electron chi connectivity index (χ0n) is 14.9. The Bertz CT molecular complexity index is 984. The number of aryl methyl sites for hydroxylation is 2. The summed E-state index contributed by atoms with van der Waals surface area (Å²) in [4.78, 5) is 16.3. The molecule has 1 heterocycles. The van der Waals surface area contributed by atoms with Crippen LogP contribution >= 0.6 is 11.6 Å². The van der Waals surface area contributed by atoms with Gasteiger partial charge in [0.1, 0.15) is 0 Å². The molecule has 0 aliphatic rings. The monoisotopic (exact) mass is 369 g/mol. The molecule has 1 aromatic heterocycles. The van der Waals surface area contributed by atoms with Crippen molar-refractivity contribution in [1.29, 1.82) is 0 Å². The topological polar surface area (TPSA) is 56.1 Å². The number of ether oxygens (including phenoxy) is 1. The second-order valence-corrected chi connectivity index (χ2v) is 6.50. The molecule has 5 nitrogen and oxygen atoms in total. The van der Waals surface area contributed by atoms with Crippen LogP contribution in [0.2, 0.25) is 5.02 Å². The Morgan fingerprint density at radius 3 is 2.58 bits per heavy atom. The van der Waals surface area contributed by atoms with Crippen LogP contribution in [-0.4, -0.2) is 16.7 Å². The minimum Gasteiger partial charge on any atom is -0.490 e. The summed E-state index contributed by atoms with van der Waals surface area (Å²) in [7, 11) is 1.46. The van der Waals surface area contributed by atoms with E-state index in [1.807, 2.05) is 60.9 Å². The average molecular weight is 370 g/mol. The number of nitrogens with one attached hydrogen (secondary N) is 1. The Kier molecular flexibility index (Phi) is 5.28. The van der Waals surface area contributed by atoms with Crippen LogP contribution in [0.3, 0.4) is 0 Å². The van der Waals surface area contributed by atoms with Gasteiger partial charge < -0.3 is 14.6 Å². The number of nitrogens with zero attached hydrogens (tertiary/aromatic N) is 2. The van der Waals surface area contributed by atoms with Gasteiger partial charge in [-0.15, -0.1) is 0 Å². The quantitative estimate of drug-likeness (QED) is 0.728. The van der Waals surface area contributed by atoms with Gasteiger partial charge in [-0.1, -0.05) is 41.9 Å². The maximum atomic E-state index is 12.2. The molecule has 0 saturated heterocycles. The van der Waals surface area contributed by atoms with Gasteiger partial charge in [0.25, 0.3) is 0 Å². The molecule has 0 bridgehead atoms. The van der Waals surface area contributed by atoms with Crippen LogP contribution in [0.1, 0.15) is 16.7 Å². The van der Waals surface area contributed by atoms with E-state index in [0.717, 1.165) is 22.4 Å². The summed E-state index contributed by atoms with van der Waals surface area (Å²) >= 11 is 6.18. The number of methoxy groups -OCH3 is 1. The molecule has 1 N–H and O–H groups in total. The van der Waals surface area contributed by atoms with E-state index in [9.17, 15) is 4.79 Å². The maximum Gasteiger partial charge on any atom is 0.316 e. The number of benzene rings is 2. The lowest BCUT2D eigenvalue weighted by molar-refractivity contribution is 0.402. The molecule has 3 aromatic rings. The van der Waals surface area contributed by atoms with Gasteiger partial charge in [0.15, 0.2) is 0 Å². The lowest BCUT2D eigenvalue weighted by atomic mass is 10.1. The summed E-state index contributed by atoms with van der Waals surface area (Å²) in [5, 5.41) is 3.96. The van der Waals surface area contributed by atoms with Crippen LogP contribution in [0.15, 0.2) is 53.5 Å². The molecule has 0 amide bonds. The van der Waals surface area contributed by atoms with Crippen molar-refractivity contribution in [2.75, 3.05) is 12.4 Å². The normalized spacial score (nSPS) is 10.6. The molecular formula is C20H20ClN3O2. The van der Waals surface area contributed by atoms with Crippen LogP contribution in [0.4, 0.5) is 11.6 Å². The number of halogens is 1. The minimum absolute atomic E-state index is 0.204. The highest BCUT2D eigenvalue weighted by Crippen LogP contribution is 2.26.